The summed E-state index contributed by atoms with van der Waals surface area (Å²) in [6.45, 7) is 4.03. The zero-order chi connectivity index (χ0) is 13.3. The number of ether oxygens (including phenoxy) is 2. The molecule has 0 saturated carbocycles. The normalized spacial score (nSPS) is 23.4. The van der Waals surface area contributed by atoms with Crippen molar-refractivity contribution in [1.29, 1.82) is 0 Å². The SMILES string of the molecule is C=CCOc1ccccc1OC1=CC=CN2OC12N. The third-order valence-electron chi connectivity index (χ3n) is 2.78. The molecule has 1 saturated heterocycles. The third-order valence-corrected chi connectivity index (χ3v) is 2.78. The Morgan fingerprint density at radius 3 is 2.95 bits per heavy atom. The molecule has 0 aliphatic carbocycles. The quantitative estimate of drug-likeness (QED) is 0.645. The second-order valence-electron chi connectivity index (χ2n) is 4.13. The fourth-order valence-corrected chi connectivity index (χ4v) is 1.78. The molecule has 1 atom stereocenters. The van der Waals surface area contributed by atoms with Gasteiger partial charge in [0.1, 0.15) is 6.61 Å². The molecule has 0 spiro atoms. The number of nitrogens with zero attached hydrogens (tertiary/aromatic N) is 1. The minimum absolute atomic E-state index is 0.412. The first-order chi connectivity index (χ1) is 9.24. The number of benzene rings is 1. The van der Waals surface area contributed by atoms with Gasteiger partial charge in [-0.25, -0.2) is 9.90 Å². The van der Waals surface area contributed by atoms with Crippen molar-refractivity contribution in [2.24, 2.45) is 5.73 Å². The summed E-state index contributed by atoms with van der Waals surface area (Å²) in [6.07, 6.45) is 7.00. The molecule has 0 radical (unpaired) electrons. The molecule has 98 valence electrons. The van der Waals surface area contributed by atoms with E-state index in [0.29, 0.717) is 23.9 Å². The number of rotatable bonds is 5. The molecular weight excluding hydrogens is 244 g/mol. The van der Waals surface area contributed by atoms with Crippen molar-refractivity contribution < 1.29 is 14.3 Å². The predicted molar refractivity (Wildman–Crippen MR) is 69.8 cm³/mol. The van der Waals surface area contributed by atoms with E-state index in [-0.39, 0.29) is 0 Å². The van der Waals surface area contributed by atoms with Crippen LogP contribution >= 0.6 is 0 Å². The van der Waals surface area contributed by atoms with Crippen LogP contribution in [0.25, 0.3) is 0 Å². The van der Waals surface area contributed by atoms with Crippen LogP contribution < -0.4 is 15.2 Å². The summed E-state index contributed by atoms with van der Waals surface area (Å²) < 4.78 is 11.3. The Bertz CT molecular complexity index is 568. The van der Waals surface area contributed by atoms with Crippen LogP contribution in [0.5, 0.6) is 11.5 Å². The molecule has 0 amide bonds. The summed E-state index contributed by atoms with van der Waals surface area (Å²) in [7, 11) is 0. The van der Waals surface area contributed by atoms with E-state index in [2.05, 4.69) is 6.58 Å². The van der Waals surface area contributed by atoms with Gasteiger partial charge < -0.3 is 9.47 Å². The number of hydrogen-bond donors (Lipinski definition) is 1. The van der Waals surface area contributed by atoms with Crippen LogP contribution in [0.2, 0.25) is 0 Å². The molecule has 0 bridgehead atoms. The number of nitrogens with two attached hydrogens (primary N) is 1. The van der Waals surface area contributed by atoms with Crippen LogP contribution in [-0.4, -0.2) is 17.5 Å². The van der Waals surface area contributed by atoms with Crippen molar-refractivity contribution in [3.05, 3.63) is 61.0 Å². The van der Waals surface area contributed by atoms with Crippen molar-refractivity contribution in [2.75, 3.05) is 6.61 Å². The lowest BCUT2D eigenvalue weighted by molar-refractivity contribution is 0.226. The van der Waals surface area contributed by atoms with Crippen molar-refractivity contribution in [3.8, 4) is 11.5 Å². The molecule has 2 aliphatic heterocycles. The van der Waals surface area contributed by atoms with Crippen molar-refractivity contribution in [1.82, 2.24) is 5.06 Å². The number of allylic oxidation sites excluding steroid dienone is 2. The number of hydroxylamine groups is 2. The molecule has 19 heavy (non-hydrogen) atoms. The molecule has 1 aromatic rings. The zero-order valence-corrected chi connectivity index (χ0v) is 10.3. The van der Waals surface area contributed by atoms with Crippen LogP contribution in [0.1, 0.15) is 0 Å². The first kappa shape index (κ1) is 11.8. The number of fused-ring (bicyclic) bond motifs is 1. The molecule has 2 aliphatic rings. The van der Waals surface area contributed by atoms with Gasteiger partial charge in [-0.3, -0.25) is 5.73 Å². The standard InChI is InChI=1S/C14H14N2O3/c1-2-10-17-11-6-3-4-7-12(11)18-13-8-5-9-16-14(13,15)19-16/h2-9H,1,10,15H2. The first-order valence-electron chi connectivity index (χ1n) is 5.91. The van der Waals surface area contributed by atoms with Gasteiger partial charge in [-0.2, -0.15) is 0 Å². The average molecular weight is 258 g/mol. The third kappa shape index (κ3) is 2.09. The monoisotopic (exact) mass is 258 g/mol. The molecule has 5 heteroatoms. The molecule has 3 rings (SSSR count). The molecule has 5 nitrogen and oxygen atoms in total. The Labute approximate surface area is 111 Å². The van der Waals surface area contributed by atoms with E-state index in [0.717, 1.165) is 0 Å². The minimum atomic E-state index is -0.986. The van der Waals surface area contributed by atoms with E-state index in [1.807, 2.05) is 24.3 Å². The largest absolute Gasteiger partial charge is 0.486 e. The lowest BCUT2D eigenvalue weighted by Gasteiger charge is -2.16. The van der Waals surface area contributed by atoms with E-state index in [1.165, 1.54) is 5.06 Å². The van der Waals surface area contributed by atoms with Gasteiger partial charge in [0.2, 0.25) is 0 Å². The first-order valence-corrected chi connectivity index (χ1v) is 5.91. The summed E-state index contributed by atoms with van der Waals surface area (Å²) in [5.41, 5.74) is 6.00. The van der Waals surface area contributed by atoms with Crippen LogP contribution in [0, 0.1) is 0 Å². The fourth-order valence-electron chi connectivity index (χ4n) is 1.78. The maximum Gasteiger partial charge on any atom is 0.301 e. The summed E-state index contributed by atoms with van der Waals surface area (Å²) in [5, 5.41) is 1.52. The summed E-state index contributed by atoms with van der Waals surface area (Å²) in [5.74, 6) is 0.754. The van der Waals surface area contributed by atoms with Gasteiger partial charge in [-0.1, -0.05) is 24.8 Å². The Morgan fingerprint density at radius 2 is 2.16 bits per heavy atom. The topological polar surface area (TPSA) is 60.0 Å². The molecule has 1 aromatic carbocycles. The van der Waals surface area contributed by atoms with Gasteiger partial charge >= 0.3 is 5.85 Å². The summed E-state index contributed by atoms with van der Waals surface area (Å²) in [6, 6.07) is 7.38. The highest BCUT2D eigenvalue weighted by Crippen LogP contribution is 2.41. The van der Waals surface area contributed by atoms with E-state index >= 15 is 0 Å². The second-order valence-corrected chi connectivity index (χ2v) is 4.13. The van der Waals surface area contributed by atoms with Gasteiger partial charge in [0.05, 0.1) is 0 Å². The van der Waals surface area contributed by atoms with Crippen LogP contribution in [-0.2, 0) is 4.84 Å². The lowest BCUT2D eigenvalue weighted by Crippen LogP contribution is -2.34. The maximum absolute atomic E-state index is 6.00. The fraction of sp³-hybridized carbons (Fsp3) is 0.143. The van der Waals surface area contributed by atoms with Crippen molar-refractivity contribution >= 4 is 0 Å². The highest BCUT2D eigenvalue weighted by molar-refractivity contribution is 5.42. The Balaban J connectivity index is 1.81. The minimum Gasteiger partial charge on any atom is -0.486 e. The predicted octanol–water partition coefficient (Wildman–Crippen LogP) is 1.90. The summed E-state index contributed by atoms with van der Waals surface area (Å²) in [4.78, 5) is 5.25. The zero-order valence-electron chi connectivity index (χ0n) is 10.3. The highest BCUT2D eigenvalue weighted by Gasteiger charge is 2.57. The van der Waals surface area contributed by atoms with Gasteiger partial charge in [0.15, 0.2) is 17.3 Å². The van der Waals surface area contributed by atoms with E-state index in [4.69, 9.17) is 20.0 Å². The summed E-state index contributed by atoms with van der Waals surface area (Å²) >= 11 is 0. The van der Waals surface area contributed by atoms with E-state index in [1.54, 1.807) is 24.4 Å². The Hall–Kier alpha value is -2.24. The van der Waals surface area contributed by atoms with E-state index < -0.39 is 5.85 Å². The van der Waals surface area contributed by atoms with Gasteiger partial charge in [-0.05, 0) is 24.3 Å². The van der Waals surface area contributed by atoms with Gasteiger partial charge in [-0.15, -0.1) is 0 Å². The molecule has 0 aromatic heterocycles. The smallest absolute Gasteiger partial charge is 0.301 e. The molecular formula is C14H14N2O3. The van der Waals surface area contributed by atoms with Gasteiger partial charge in [0.25, 0.3) is 0 Å². The van der Waals surface area contributed by atoms with E-state index in [9.17, 15) is 0 Å². The van der Waals surface area contributed by atoms with Crippen LogP contribution in [0.3, 0.4) is 0 Å². The second kappa shape index (κ2) is 4.46. The Kier molecular flexibility index (Phi) is 2.77. The average Bonchev–Trinajstić information content (AvgIpc) is 3.11. The highest BCUT2D eigenvalue weighted by atomic mass is 16.9. The maximum atomic E-state index is 6.00. The molecule has 2 N–H and O–H groups in total. The van der Waals surface area contributed by atoms with Gasteiger partial charge in [0, 0.05) is 6.20 Å². The number of hydrogen-bond acceptors (Lipinski definition) is 5. The van der Waals surface area contributed by atoms with Crippen LogP contribution in [0.4, 0.5) is 0 Å². The number of para-hydroxylation sites is 2. The van der Waals surface area contributed by atoms with Crippen molar-refractivity contribution in [3.63, 3.8) is 0 Å². The van der Waals surface area contributed by atoms with Crippen molar-refractivity contribution in [2.45, 2.75) is 5.85 Å². The Morgan fingerprint density at radius 1 is 1.37 bits per heavy atom. The molecule has 1 fully saturated rings. The molecule has 2 heterocycles. The lowest BCUT2D eigenvalue weighted by atomic mass is 10.2. The molecule has 1 unspecified atom stereocenters. The van der Waals surface area contributed by atoms with Crippen LogP contribution in [0.15, 0.2) is 61.0 Å².